The van der Waals surface area contributed by atoms with E-state index < -0.39 is 5.69 Å². The molecule has 0 fully saturated rings. The quantitative estimate of drug-likeness (QED) is 0.508. The first-order valence-electron chi connectivity index (χ1n) is 10.2. The largest absolute Gasteiger partial charge is 0.492 e. The lowest BCUT2D eigenvalue weighted by atomic mass is 10.3. The van der Waals surface area contributed by atoms with Gasteiger partial charge in [-0.1, -0.05) is 37.2 Å². The van der Waals surface area contributed by atoms with Gasteiger partial charge in [0.05, 0.1) is 18.0 Å². The number of hydrogen-bond donors (Lipinski definition) is 1. The number of benzene rings is 1. The molecule has 3 rings (SSSR count). The summed E-state index contributed by atoms with van der Waals surface area (Å²) in [6, 6.07) is 7.25. The van der Waals surface area contributed by atoms with E-state index >= 15 is 0 Å². The topological polar surface area (TPSA) is 100 Å². The zero-order valence-electron chi connectivity index (χ0n) is 18.2. The number of amides is 1. The van der Waals surface area contributed by atoms with Crippen LogP contribution in [0.1, 0.15) is 26.7 Å². The van der Waals surface area contributed by atoms with Crippen molar-refractivity contribution in [1.82, 2.24) is 18.7 Å². The molecule has 1 N–H and O–H groups in total. The number of unbranched alkanes of at least 4 members (excludes halogenated alkanes) is 1. The van der Waals surface area contributed by atoms with E-state index in [-0.39, 0.29) is 17.2 Å². The number of aryl methyl sites for hydroxylation is 2. The molecule has 0 aliphatic rings. The third-order valence-electron chi connectivity index (χ3n) is 4.84. The molecule has 0 aliphatic carbocycles. The molecule has 1 amide bonds. The Bertz CT molecular complexity index is 1210. The Morgan fingerprint density at radius 3 is 2.61 bits per heavy atom. The average molecular weight is 446 g/mol. The standard InChI is InChI=1S/C21H27N5O4S/c1-5-7-12-26-17-18(24(3)21(29)25(4)19(17)28)23-20(26)31-13-16(27)22-14-10-8-9-11-15(14)30-6-2/h8-11H,5-7,12-13H2,1-4H3,(H,22,27). The van der Waals surface area contributed by atoms with Crippen LogP contribution in [0.4, 0.5) is 5.69 Å². The predicted octanol–water partition coefficient (Wildman–Crippen LogP) is 2.36. The summed E-state index contributed by atoms with van der Waals surface area (Å²) in [7, 11) is 3.05. The maximum atomic E-state index is 12.8. The highest BCUT2D eigenvalue weighted by atomic mass is 32.2. The van der Waals surface area contributed by atoms with Crippen molar-refractivity contribution in [2.75, 3.05) is 17.7 Å². The lowest BCUT2D eigenvalue weighted by Gasteiger charge is -2.11. The van der Waals surface area contributed by atoms with Crippen molar-refractivity contribution in [3.63, 3.8) is 0 Å². The van der Waals surface area contributed by atoms with Gasteiger partial charge in [0.1, 0.15) is 5.75 Å². The number of nitrogens with one attached hydrogen (secondary N) is 1. The molecule has 166 valence electrons. The van der Waals surface area contributed by atoms with Gasteiger partial charge in [0.2, 0.25) is 5.91 Å². The van der Waals surface area contributed by atoms with E-state index in [1.54, 1.807) is 19.2 Å². The number of anilines is 1. The maximum absolute atomic E-state index is 12.8. The lowest BCUT2D eigenvalue weighted by Crippen LogP contribution is -2.37. The SMILES string of the molecule is CCCCn1c(SCC(=O)Nc2ccccc2OCC)nc2c1c(=O)n(C)c(=O)n2C. The summed E-state index contributed by atoms with van der Waals surface area (Å²) >= 11 is 1.23. The van der Waals surface area contributed by atoms with Crippen LogP contribution in [0.5, 0.6) is 5.75 Å². The van der Waals surface area contributed by atoms with Crippen LogP contribution in [-0.2, 0) is 25.4 Å². The van der Waals surface area contributed by atoms with Crippen molar-refractivity contribution in [2.45, 2.75) is 38.4 Å². The fraction of sp³-hybridized carbons (Fsp3) is 0.429. The summed E-state index contributed by atoms with van der Waals surface area (Å²) in [6.45, 7) is 5.02. The average Bonchev–Trinajstić information content (AvgIpc) is 3.13. The van der Waals surface area contributed by atoms with Crippen molar-refractivity contribution in [3.05, 3.63) is 45.1 Å². The first-order chi connectivity index (χ1) is 14.9. The number of carbonyl (C=O) groups excluding carboxylic acids is 1. The Balaban J connectivity index is 1.88. The molecule has 0 atom stereocenters. The van der Waals surface area contributed by atoms with Gasteiger partial charge in [-0.25, -0.2) is 9.78 Å². The second-order valence-electron chi connectivity index (χ2n) is 7.04. The van der Waals surface area contributed by atoms with E-state index in [4.69, 9.17) is 4.74 Å². The van der Waals surface area contributed by atoms with Crippen LogP contribution in [0.15, 0.2) is 39.0 Å². The van der Waals surface area contributed by atoms with E-state index in [1.807, 2.05) is 23.6 Å². The summed E-state index contributed by atoms with van der Waals surface area (Å²) in [5.41, 5.74) is 0.491. The summed E-state index contributed by atoms with van der Waals surface area (Å²) < 4.78 is 9.80. The van der Waals surface area contributed by atoms with E-state index in [9.17, 15) is 14.4 Å². The van der Waals surface area contributed by atoms with Gasteiger partial charge in [0.15, 0.2) is 16.3 Å². The van der Waals surface area contributed by atoms with Gasteiger partial charge in [0.25, 0.3) is 5.56 Å². The molecule has 0 spiro atoms. The Kier molecular flexibility index (Phi) is 7.21. The number of thioether (sulfide) groups is 1. The number of rotatable bonds is 9. The zero-order chi connectivity index (χ0) is 22.5. The molecule has 0 radical (unpaired) electrons. The highest BCUT2D eigenvalue weighted by molar-refractivity contribution is 7.99. The monoisotopic (exact) mass is 445 g/mol. The normalized spacial score (nSPS) is 11.1. The molecule has 3 aromatic rings. The van der Waals surface area contributed by atoms with Gasteiger partial charge in [-0.2, -0.15) is 0 Å². The van der Waals surface area contributed by atoms with Crippen molar-refractivity contribution >= 4 is 34.5 Å². The highest BCUT2D eigenvalue weighted by Gasteiger charge is 2.20. The molecule has 10 heteroatoms. The minimum absolute atomic E-state index is 0.101. The zero-order valence-corrected chi connectivity index (χ0v) is 19.0. The molecule has 0 saturated heterocycles. The molecule has 1 aromatic carbocycles. The first kappa shape index (κ1) is 22.7. The van der Waals surface area contributed by atoms with E-state index in [0.29, 0.717) is 40.9 Å². The van der Waals surface area contributed by atoms with Gasteiger partial charge >= 0.3 is 5.69 Å². The number of ether oxygens (including phenoxy) is 1. The summed E-state index contributed by atoms with van der Waals surface area (Å²) in [4.78, 5) is 42.2. The van der Waals surface area contributed by atoms with Crippen LogP contribution in [-0.4, -0.2) is 37.0 Å². The minimum Gasteiger partial charge on any atom is -0.492 e. The van der Waals surface area contributed by atoms with E-state index in [0.717, 1.165) is 17.4 Å². The fourth-order valence-electron chi connectivity index (χ4n) is 3.23. The molecule has 2 heterocycles. The number of imidazole rings is 1. The second-order valence-corrected chi connectivity index (χ2v) is 7.99. The lowest BCUT2D eigenvalue weighted by molar-refractivity contribution is -0.113. The van der Waals surface area contributed by atoms with Crippen LogP contribution >= 0.6 is 11.8 Å². The molecular weight excluding hydrogens is 418 g/mol. The number of fused-ring (bicyclic) bond motifs is 1. The number of carbonyl (C=O) groups is 1. The fourth-order valence-corrected chi connectivity index (χ4v) is 4.05. The highest BCUT2D eigenvalue weighted by Crippen LogP contribution is 2.25. The van der Waals surface area contributed by atoms with Gasteiger partial charge in [-0.15, -0.1) is 0 Å². The molecular formula is C21H27N5O4S. The molecule has 0 unspecified atom stereocenters. The minimum atomic E-state index is -0.431. The van der Waals surface area contributed by atoms with Gasteiger partial charge in [-0.05, 0) is 25.5 Å². The smallest absolute Gasteiger partial charge is 0.332 e. The maximum Gasteiger partial charge on any atom is 0.332 e. The van der Waals surface area contributed by atoms with Crippen molar-refractivity contribution in [1.29, 1.82) is 0 Å². The van der Waals surface area contributed by atoms with Gasteiger partial charge < -0.3 is 14.6 Å². The van der Waals surface area contributed by atoms with Crippen LogP contribution in [0.25, 0.3) is 11.2 Å². The Labute approximate surface area is 184 Å². The van der Waals surface area contributed by atoms with Crippen LogP contribution in [0.3, 0.4) is 0 Å². The second kappa shape index (κ2) is 9.86. The number of hydrogen-bond acceptors (Lipinski definition) is 6. The van der Waals surface area contributed by atoms with Crippen LogP contribution < -0.4 is 21.3 Å². The predicted molar refractivity (Wildman–Crippen MR) is 122 cm³/mol. The van der Waals surface area contributed by atoms with Crippen molar-refractivity contribution in [2.24, 2.45) is 14.1 Å². The summed E-state index contributed by atoms with van der Waals surface area (Å²) in [5, 5.41) is 3.40. The summed E-state index contributed by atoms with van der Waals surface area (Å²) in [5.74, 6) is 0.495. The molecule has 0 aliphatic heterocycles. The number of nitrogens with zero attached hydrogens (tertiary/aromatic N) is 4. The Hall–Kier alpha value is -3.01. The van der Waals surface area contributed by atoms with E-state index in [2.05, 4.69) is 17.2 Å². The molecule has 0 saturated carbocycles. The Morgan fingerprint density at radius 1 is 1.16 bits per heavy atom. The Morgan fingerprint density at radius 2 is 1.90 bits per heavy atom. The molecule has 2 aromatic heterocycles. The summed E-state index contributed by atoms with van der Waals surface area (Å²) in [6.07, 6.45) is 1.78. The first-order valence-corrected chi connectivity index (χ1v) is 11.2. The molecule has 9 nitrogen and oxygen atoms in total. The van der Waals surface area contributed by atoms with Crippen LogP contribution in [0.2, 0.25) is 0 Å². The third kappa shape index (κ3) is 4.68. The molecule has 31 heavy (non-hydrogen) atoms. The van der Waals surface area contributed by atoms with Crippen molar-refractivity contribution < 1.29 is 9.53 Å². The third-order valence-corrected chi connectivity index (χ3v) is 5.82. The van der Waals surface area contributed by atoms with Crippen LogP contribution in [0, 0.1) is 0 Å². The van der Waals surface area contributed by atoms with Gasteiger partial charge in [-0.3, -0.25) is 18.7 Å². The van der Waals surface area contributed by atoms with E-state index in [1.165, 1.54) is 23.4 Å². The van der Waals surface area contributed by atoms with Gasteiger partial charge in [0, 0.05) is 20.6 Å². The van der Waals surface area contributed by atoms with Crippen molar-refractivity contribution in [3.8, 4) is 5.75 Å². The number of para-hydroxylation sites is 2. The molecule has 0 bridgehead atoms. The number of aromatic nitrogens is 4.